The zero-order valence-corrected chi connectivity index (χ0v) is 7.27. The fourth-order valence-corrected chi connectivity index (χ4v) is 1.15. The van der Waals surface area contributed by atoms with Crippen LogP contribution in [0.5, 0.6) is 5.75 Å². The molecule has 1 aromatic carbocycles. The molecule has 0 aliphatic carbocycles. The molecule has 1 rings (SSSR count). The van der Waals surface area contributed by atoms with E-state index in [0.717, 1.165) is 6.07 Å². The Labute approximate surface area is 74.8 Å². The van der Waals surface area contributed by atoms with Gasteiger partial charge in [0.25, 0.3) is 0 Å². The first kappa shape index (κ1) is 9.29. The molecule has 0 saturated carbocycles. The first-order valence-electron chi connectivity index (χ1n) is 3.46. The van der Waals surface area contributed by atoms with Crippen LogP contribution in [0.4, 0.5) is 4.39 Å². The number of aromatic hydroxyl groups is 1. The highest BCUT2D eigenvalue weighted by molar-refractivity contribution is 6.32. The van der Waals surface area contributed by atoms with Crippen LogP contribution in [0.3, 0.4) is 0 Å². The van der Waals surface area contributed by atoms with Gasteiger partial charge in [-0.15, -0.1) is 0 Å². The lowest BCUT2D eigenvalue weighted by Crippen LogP contribution is -2.05. The molecule has 0 saturated heterocycles. The molecule has 1 aromatic rings. The van der Waals surface area contributed by atoms with Crippen molar-refractivity contribution in [2.24, 2.45) is 5.73 Å². The Hall–Kier alpha value is -0.800. The van der Waals surface area contributed by atoms with Gasteiger partial charge in [0, 0.05) is 11.6 Å². The van der Waals surface area contributed by atoms with Crippen LogP contribution in [0.1, 0.15) is 18.5 Å². The van der Waals surface area contributed by atoms with E-state index < -0.39 is 11.9 Å². The molecule has 0 radical (unpaired) electrons. The van der Waals surface area contributed by atoms with Gasteiger partial charge in [0.15, 0.2) is 0 Å². The number of hydrogen-bond acceptors (Lipinski definition) is 2. The molecule has 0 fully saturated rings. The van der Waals surface area contributed by atoms with Gasteiger partial charge in [-0.1, -0.05) is 11.6 Å². The molecule has 0 amide bonds. The van der Waals surface area contributed by atoms with Gasteiger partial charge < -0.3 is 10.8 Å². The Morgan fingerprint density at radius 3 is 2.67 bits per heavy atom. The van der Waals surface area contributed by atoms with Crippen LogP contribution in [-0.4, -0.2) is 5.11 Å². The molecule has 0 heterocycles. The van der Waals surface area contributed by atoms with E-state index in [9.17, 15) is 9.50 Å². The van der Waals surface area contributed by atoms with E-state index in [0.29, 0.717) is 5.56 Å². The van der Waals surface area contributed by atoms with Crippen molar-refractivity contribution in [3.05, 3.63) is 28.5 Å². The van der Waals surface area contributed by atoms with E-state index in [1.165, 1.54) is 6.07 Å². The van der Waals surface area contributed by atoms with Gasteiger partial charge in [-0.2, -0.15) is 0 Å². The van der Waals surface area contributed by atoms with E-state index >= 15 is 0 Å². The minimum Gasteiger partial charge on any atom is -0.506 e. The molecule has 3 N–H and O–H groups in total. The molecule has 0 aromatic heterocycles. The summed E-state index contributed by atoms with van der Waals surface area (Å²) in [6.07, 6.45) is 0. The number of halogens is 2. The Morgan fingerprint density at radius 2 is 2.17 bits per heavy atom. The SMILES string of the molecule is CC(N)c1cc(F)cc(Cl)c1O. The standard InChI is InChI=1S/C8H9ClFNO/c1-4(11)6-2-5(10)3-7(9)8(6)12/h2-4,12H,11H2,1H3. The molecule has 0 aliphatic heterocycles. The number of phenolic OH excluding ortho intramolecular Hbond substituents is 1. The summed E-state index contributed by atoms with van der Waals surface area (Å²) in [5.74, 6) is -0.641. The second-order valence-electron chi connectivity index (χ2n) is 2.61. The predicted octanol–water partition coefficient (Wildman–Crippen LogP) is 2.20. The van der Waals surface area contributed by atoms with Crippen molar-refractivity contribution in [2.45, 2.75) is 13.0 Å². The zero-order valence-electron chi connectivity index (χ0n) is 6.51. The average molecular weight is 190 g/mol. The van der Waals surface area contributed by atoms with Gasteiger partial charge in [0.05, 0.1) is 5.02 Å². The van der Waals surface area contributed by atoms with Crippen LogP contribution in [0.2, 0.25) is 5.02 Å². The summed E-state index contributed by atoms with van der Waals surface area (Å²) in [6.45, 7) is 1.64. The van der Waals surface area contributed by atoms with Crippen LogP contribution in [0.25, 0.3) is 0 Å². The summed E-state index contributed by atoms with van der Waals surface area (Å²) in [7, 11) is 0. The molecular formula is C8H9ClFNO. The predicted molar refractivity (Wildman–Crippen MR) is 45.7 cm³/mol. The highest BCUT2D eigenvalue weighted by Gasteiger charge is 2.11. The number of rotatable bonds is 1. The van der Waals surface area contributed by atoms with Crippen LogP contribution < -0.4 is 5.73 Å². The molecule has 0 aliphatic rings. The van der Waals surface area contributed by atoms with E-state index in [1.807, 2.05) is 0 Å². The Balaban J connectivity index is 3.28. The zero-order chi connectivity index (χ0) is 9.30. The first-order chi connectivity index (χ1) is 5.52. The highest BCUT2D eigenvalue weighted by Crippen LogP contribution is 2.31. The van der Waals surface area contributed by atoms with Gasteiger partial charge in [0.2, 0.25) is 0 Å². The van der Waals surface area contributed by atoms with Crippen molar-refractivity contribution in [3.63, 3.8) is 0 Å². The molecule has 0 bridgehead atoms. The van der Waals surface area contributed by atoms with Gasteiger partial charge in [-0.3, -0.25) is 0 Å². The van der Waals surface area contributed by atoms with Gasteiger partial charge in [0.1, 0.15) is 11.6 Å². The van der Waals surface area contributed by atoms with Crippen molar-refractivity contribution in [3.8, 4) is 5.75 Å². The molecule has 12 heavy (non-hydrogen) atoms. The number of benzene rings is 1. The molecule has 2 nitrogen and oxygen atoms in total. The summed E-state index contributed by atoms with van der Waals surface area (Å²) >= 11 is 5.52. The quantitative estimate of drug-likeness (QED) is 0.712. The van der Waals surface area contributed by atoms with Crippen molar-refractivity contribution in [2.75, 3.05) is 0 Å². The van der Waals surface area contributed by atoms with Crippen molar-refractivity contribution in [1.82, 2.24) is 0 Å². The number of hydrogen-bond donors (Lipinski definition) is 2. The molecule has 4 heteroatoms. The van der Waals surface area contributed by atoms with Crippen LogP contribution in [-0.2, 0) is 0 Å². The van der Waals surface area contributed by atoms with E-state index in [2.05, 4.69) is 0 Å². The first-order valence-corrected chi connectivity index (χ1v) is 3.83. The minimum absolute atomic E-state index is 0.0118. The minimum atomic E-state index is -0.495. The highest BCUT2D eigenvalue weighted by atomic mass is 35.5. The summed E-state index contributed by atoms with van der Waals surface area (Å²) in [5, 5.41) is 9.30. The van der Waals surface area contributed by atoms with Crippen LogP contribution in [0.15, 0.2) is 12.1 Å². The maximum atomic E-state index is 12.7. The molecular weight excluding hydrogens is 181 g/mol. The van der Waals surface area contributed by atoms with Gasteiger partial charge in [-0.05, 0) is 19.1 Å². The third-order valence-corrected chi connectivity index (χ3v) is 1.84. The molecule has 0 spiro atoms. The van der Waals surface area contributed by atoms with E-state index in [-0.39, 0.29) is 10.8 Å². The van der Waals surface area contributed by atoms with Gasteiger partial charge >= 0.3 is 0 Å². The van der Waals surface area contributed by atoms with Crippen molar-refractivity contribution >= 4 is 11.6 Å². The molecule has 1 atom stereocenters. The smallest absolute Gasteiger partial charge is 0.139 e. The second kappa shape index (κ2) is 3.29. The fraction of sp³-hybridized carbons (Fsp3) is 0.250. The molecule has 1 unspecified atom stereocenters. The lowest BCUT2D eigenvalue weighted by molar-refractivity contribution is 0.461. The topological polar surface area (TPSA) is 46.2 Å². The van der Waals surface area contributed by atoms with E-state index in [1.54, 1.807) is 6.92 Å². The number of nitrogens with two attached hydrogens (primary N) is 1. The Morgan fingerprint density at radius 1 is 1.58 bits per heavy atom. The lowest BCUT2D eigenvalue weighted by atomic mass is 10.1. The van der Waals surface area contributed by atoms with Crippen molar-refractivity contribution in [1.29, 1.82) is 0 Å². The van der Waals surface area contributed by atoms with E-state index in [4.69, 9.17) is 17.3 Å². The number of phenols is 1. The maximum absolute atomic E-state index is 12.7. The van der Waals surface area contributed by atoms with Crippen molar-refractivity contribution < 1.29 is 9.50 Å². The summed E-state index contributed by atoms with van der Waals surface area (Å²) in [5.41, 5.74) is 5.79. The second-order valence-corrected chi connectivity index (χ2v) is 3.02. The molecule has 66 valence electrons. The van der Waals surface area contributed by atoms with Crippen LogP contribution in [0, 0.1) is 5.82 Å². The third kappa shape index (κ3) is 1.68. The van der Waals surface area contributed by atoms with Crippen LogP contribution >= 0.6 is 11.6 Å². The largest absolute Gasteiger partial charge is 0.506 e. The Kier molecular flexibility index (Phi) is 2.55. The monoisotopic (exact) mass is 189 g/mol. The van der Waals surface area contributed by atoms with Gasteiger partial charge in [-0.25, -0.2) is 4.39 Å². The Bertz CT molecular complexity index is 301. The summed E-state index contributed by atoms with van der Waals surface area (Å²) < 4.78 is 12.7. The summed E-state index contributed by atoms with van der Waals surface area (Å²) in [6, 6.07) is 1.78. The normalized spacial score (nSPS) is 13.0. The average Bonchev–Trinajstić information content (AvgIpc) is 1.96. The lowest BCUT2D eigenvalue weighted by Gasteiger charge is -2.09. The summed E-state index contributed by atoms with van der Waals surface area (Å²) in [4.78, 5) is 0. The maximum Gasteiger partial charge on any atom is 0.139 e. The fourth-order valence-electron chi connectivity index (χ4n) is 0.933. The third-order valence-electron chi connectivity index (χ3n) is 1.55.